The summed E-state index contributed by atoms with van der Waals surface area (Å²) in [5.74, 6) is -0.0937. The first-order valence-electron chi connectivity index (χ1n) is 13.3. The van der Waals surface area contributed by atoms with E-state index in [1.165, 1.54) is 31.4 Å². The topological polar surface area (TPSA) is 94.0 Å². The number of hydrogen-bond acceptors (Lipinski definition) is 7. The maximum absolute atomic E-state index is 13.5. The molecular weight excluding hydrogens is 540 g/mol. The highest BCUT2D eigenvalue weighted by molar-refractivity contribution is 5.92. The second-order valence-corrected chi connectivity index (χ2v) is 10.3. The summed E-state index contributed by atoms with van der Waals surface area (Å²) in [5.41, 5.74) is 1.33. The van der Waals surface area contributed by atoms with E-state index in [0.29, 0.717) is 28.8 Å². The van der Waals surface area contributed by atoms with Gasteiger partial charge in [-0.1, -0.05) is 30.7 Å². The van der Waals surface area contributed by atoms with E-state index in [9.17, 15) is 22.4 Å². The fourth-order valence-electron chi connectivity index (χ4n) is 4.87. The summed E-state index contributed by atoms with van der Waals surface area (Å²) in [7, 11) is 1.24. The molecule has 41 heavy (non-hydrogen) atoms. The first kappa shape index (κ1) is 28.3. The van der Waals surface area contributed by atoms with Crippen molar-refractivity contribution in [2.45, 2.75) is 57.9 Å². The zero-order chi connectivity index (χ0) is 29.3. The van der Waals surface area contributed by atoms with Gasteiger partial charge in [0.2, 0.25) is 11.8 Å². The van der Waals surface area contributed by atoms with Crippen LogP contribution in [0.4, 0.5) is 29.3 Å². The Balaban J connectivity index is 1.61. The van der Waals surface area contributed by atoms with Crippen molar-refractivity contribution in [1.29, 1.82) is 0 Å². The summed E-state index contributed by atoms with van der Waals surface area (Å²) < 4.78 is 59.7. The standard InChI is InChI=1S/C29H30F4N6O2/c1-16(19-5-4-6-19)34-24-23-25(37-26(36-24)27(40)41-3)38-28(35-17(2)20-9-13-22(30)14-10-20)39(23)15-18-7-11-21(12-8-18)29(31,32)33/h7-14,16-17,19H,4-6,15H2,1-3H3,(H2,34,35,36,37,38)/t16-,17+/m1/s1. The minimum atomic E-state index is -4.45. The fraction of sp³-hybridized carbons (Fsp3) is 0.379. The lowest BCUT2D eigenvalue weighted by Crippen LogP contribution is -2.31. The van der Waals surface area contributed by atoms with Gasteiger partial charge in [-0.05, 0) is 68.0 Å². The molecule has 0 aliphatic heterocycles. The Morgan fingerprint density at radius 3 is 2.29 bits per heavy atom. The van der Waals surface area contributed by atoms with Gasteiger partial charge in [-0.25, -0.2) is 19.2 Å². The Morgan fingerprint density at radius 1 is 1.02 bits per heavy atom. The third-order valence-electron chi connectivity index (χ3n) is 7.53. The van der Waals surface area contributed by atoms with Crippen LogP contribution in [0.15, 0.2) is 48.5 Å². The lowest BCUT2D eigenvalue weighted by Gasteiger charge is -2.32. The number of imidazole rings is 1. The average molecular weight is 571 g/mol. The van der Waals surface area contributed by atoms with E-state index >= 15 is 0 Å². The average Bonchev–Trinajstić information content (AvgIpc) is 3.23. The molecule has 216 valence electrons. The van der Waals surface area contributed by atoms with Crippen molar-refractivity contribution in [2.75, 3.05) is 17.7 Å². The molecule has 2 heterocycles. The van der Waals surface area contributed by atoms with Crippen LogP contribution in [0.2, 0.25) is 0 Å². The minimum absolute atomic E-state index is 0.0383. The van der Waals surface area contributed by atoms with E-state index in [0.717, 1.165) is 37.0 Å². The Hall–Kier alpha value is -4.22. The van der Waals surface area contributed by atoms with Crippen LogP contribution in [-0.2, 0) is 17.5 Å². The van der Waals surface area contributed by atoms with Crippen LogP contribution in [0.3, 0.4) is 0 Å². The number of halogens is 4. The summed E-state index contributed by atoms with van der Waals surface area (Å²) >= 11 is 0. The predicted molar refractivity (Wildman–Crippen MR) is 146 cm³/mol. The van der Waals surface area contributed by atoms with Crippen LogP contribution < -0.4 is 10.6 Å². The molecule has 0 amide bonds. The smallest absolute Gasteiger partial charge is 0.416 e. The molecule has 0 radical (unpaired) electrons. The van der Waals surface area contributed by atoms with Crippen molar-refractivity contribution in [1.82, 2.24) is 19.5 Å². The number of ether oxygens (including phenoxy) is 1. The van der Waals surface area contributed by atoms with Gasteiger partial charge >= 0.3 is 12.1 Å². The van der Waals surface area contributed by atoms with Gasteiger partial charge < -0.3 is 19.9 Å². The molecular formula is C29H30F4N6O2. The molecule has 1 saturated carbocycles. The van der Waals surface area contributed by atoms with Gasteiger partial charge in [0.1, 0.15) is 11.3 Å². The third-order valence-corrected chi connectivity index (χ3v) is 7.53. The molecule has 2 N–H and O–H groups in total. The Kier molecular flexibility index (Phi) is 7.83. The Labute approximate surface area is 234 Å². The number of rotatable bonds is 9. The van der Waals surface area contributed by atoms with Crippen molar-refractivity contribution >= 4 is 28.9 Å². The van der Waals surface area contributed by atoms with E-state index in [1.807, 2.05) is 13.8 Å². The molecule has 1 aliphatic carbocycles. The number of fused-ring (bicyclic) bond motifs is 1. The van der Waals surface area contributed by atoms with Gasteiger partial charge in [0.15, 0.2) is 11.5 Å². The van der Waals surface area contributed by atoms with Crippen LogP contribution in [0.1, 0.15) is 66.5 Å². The molecule has 1 aliphatic rings. The molecule has 5 rings (SSSR count). The molecule has 2 aromatic heterocycles. The van der Waals surface area contributed by atoms with Crippen LogP contribution in [0.25, 0.3) is 11.2 Å². The SMILES string of the molecule is COC(=O)c1nc(N[C@H](C)C2CCC2)c2c(n1)nc(N[C@@H](C)c1ccc(F)cc1)n2Cc1ccc(C(F)(F)F)cc1. The number of carbonyl (C=O) groups is 1. The van der Waals surface area contributed by atoms with E-state index in [2.05, 4.69) is 25.6 Å². The molecule has 2 atom stereocenters. The lowest BCUT2D eigenvalue weighted by molar-refractivity contribution is -0.137. The number of benzene rings is 2. The van der Waals surface area contributed by atoms with Crippen molar-refractivity contribution in [2.24, 2.45) is 5.92 Å². The van der Waals surface area contributed by atoms with E-state index in [1.54, 1.807) is 16.7 Å². The summed E-state index contributed by atoms with van der Waals surface area (Å²) in [5, 5.41) is 6.75. The maximum atomic E-state index is 13.5. The van der Waals surface area contributed by atoms with Crippen molar-refractivity contribution in [3.05, 3.63) is 76.9 Å². The first-order chi connectivity index (χ1) is 19.5. The van der Waals surface area contributed by atoms with Crippen molar-refractivity contribution in [3.63, 3.8) is 0 Å². The summed E-state index contributed by atoms with van der Waals surface area (Å²) in [4.78, 5) is 26.0. The quantitative estimate of drug-likeness (QED) is 0.173. The van der Waals surface area contributed by atoms with Gasteiger partial charge in [0, 0.05) is 6.04 Å². The summed E-state index contributed by atoms with van der Waals surface area (Å²) in [6.07, 6.45) is -1.17. The number of alkyl halides is 3. The zero-order valence-electron chi connectivity index (χ0n) is 22.8. The summed E-state index contributed by atoms with van der Waals surface area (Å²) in [6.45, 7) is 4.06. The number of carbonyl (C=O) groups excluding carboxylic acids is 1. The van der Waals surface area contributed by atoms with Crippen LogP contribution in [0, 0.1) is 11.7 Å². The fourth-order valence-corrected chi connectivity index (χ4v) is 4.87. The molecule has 1 fully saturated rings. The number of methoxy groups -OCH3 is 1. The number of hydrogen-bond donors (Lipinski definition) is 2. The molecule has 0 bridgehead atoms. The van der Waals surface area contributed by atoms with E-state index < -0.39 is 17.7 Å². The third kappa shape index (κ3) is 6.10. The van der Waals surface area contributed by atoms with E-state index in [-0.39, 0.29) is 35.9 Å². The molecule has 0 unspecified atom stereocenters. The largest absolute Gasteiger partial charge is 0.463 e. The number of nitrogens with one attached hydrogen (secondary N) is 2. The van der Waals surface area contributed by atoms with Crippen molar-refractivity contribution < 1.29 is 27.1 Å². The monoisotopic (exact) mass is 570 g/mol. The highest BCUT2D eigenvalue weighted by Crippen LogP contribution is 2.34. The second-order valence-electron chi connectivity index (χ2n) is 10.3. The molecule has 0 saturated heterocycles. The minimum Gasteiger partial charge on any atom is -0.463 e. The molecule has 2 aromatic carbocycles. The molecule has 4 aromatic rings. The highest BCUT2D eigenvalue weighted by Gasteiger charge is 2.31. The Bertz CT molecular complexity index is 1530. The number of esters is 1. The van der Waals surface area contributed by atoms with Gasteiger partial charge in [-0.3, -0.25) is 0 Å². The van der Waals surface area contributed by atoms with Crippen LogP contribution in [-0.4, -0.2) is 38.6 Å². The predicted octanol–water partition coefficient (Wildman–Crippen LogP) is 6.59. The molecule has 8 nitrogen and oxygen atoms in total. The summed E-state index contributed by atoms with van der Waals surface area (Å²) in [6, 6.07) is 10.6. The maximum Gasteiger partial charge on any atom is 0.416 e. The van der Waals surface area contributed by atoms with Gasteiger partial charge in [0.25, 0.3) is 0 Å². The molecule has 0 spiro atoms. The Morgan fingerprint density at radius 2 is 1.71 bits per heavy atom. The van der Waals surface area contributed by atoms with Crippen LogP contribution >= 0.6 is 0 Å². The van der Waals surface area contributed by atoms with Gasteiger partial charge in [-0.15, -0.1) is 0 Å². The van der Waals surface area contributed by atoms with Crippen molar-refractivity contribution in [3.8, 4) is 0 Å². The number of nitrogens with zero attached hydrogens (tertiary/aromatic N) is 4. The molecule has 12 heteroatoms. The van der Waals surface area contributed by atoms with E-state index in [4.69, 9.17) is 4.74 Å². The van der Waals surface area contributed by atoms with Gasteiger partial charge in [0.05, 0.1) is 25.3 Å². The van der Waals surface area contributed by atoms with Crippen LogP contribution in [0.5, 0.6) is 0 Å². The number of aromatic nitrogens is 4. The highest BCUT2D eigenvalue weighted by atomic mass is 19.4. The normalized spacial score (nSPS) is 15.3. The first-order valence-corrected chi connectivity index (χ1v) is 13.3. The van der Waals surface area contributed by atoms with Gasteiger partial charge in [-0.2, -0.15) is 18.2 Å². The zero-order valence-corrected chi connectivity index (χ0v) is 22.8. The lowest BCUT2D eigenvalue weighted by atomic mass is 9.80. The second kappa shape index (κ2) is 11.3. The number of anilines is 2.